The van der Waals surface area contributed by atoms with Gasteiger partial charge in [-0.25, -0.2) is 14.8 Å². The predicted molar refractivity (Wildman–Crippen MR) is 143 cm³/mol. The summed E-state index contributed by atoms with van der Waals surface area (Å²) in [6.07, 6.45) is 2.23. The van der Waals surface area contributed by atoms with Crippen molar-refractivity contribution in [2.24, 2.45) is 5.92 Å². The lowest BCUT2D eigenvalue weighted by Crippen LogP contribution is -2.37. The molecule has 2 fully saturated rings. The van der Waals surface area contributed by atoms with E-state index in [1.165, 1.54) is 28.5 Å². The molecule has 2 aliphatic heterocycles. The number of non-ortho nitro benzene ring substituents is 1. The van der Waals surface area contributed by atoms with E-state index in [1.54, 1.807) is 31.2 Å². The van der Waals surface area contributed by atoms with Gasteiger partial charge in [-0.15, -0.1) is 11.3 Å². The average molecular weight is 548 g/mol. The number of thiophene rings is 1. The van der Waals surface area contributed by atoms with Crippen LogP contribution in [0.4, 0.5) is 16.4 Å². The summed E-state index contributed by atoms with van der Waals surface area (Å²) < 4.78 is 5.34. The zero-order valence-corrected chi connectivity index (χ0v) is 21.9. The average Bonchev–Trinajstić information content (AvgIpc) is 3.59. The first-order valence-corrected chi connectivity index (χ1v) is 13.7. The summed E-state index contributed by atoms with van der Waals surface area (Å²) in [6, 6.07) is 14.3. The molecule has 39 heavy (non-hydrogen) atoms. The zero-order valence-electron chi connectivity index (χ0n) is 21.1. The van der Waals surface area contributed by atoms with Gasteiger partial charge in [0.2, 0.25) is 5.91 Å². The van der Waals surface area contributed by atoms with Gasteiger partial charge in [0.1, 0.15) is 10.9 Å². The van der Waals surface area contributed by atoms with E-state index >= 15 is 0 Å². The Morgan fingerprint density at radius 1 is 1.08 bits per heavy atom. The molecule has 3 aromatic rings. The van der Waals surface area contributed by atoms with Gasteiger partial charge >= 0.3 is 5.97 Å². The maximum absolute atomic E-state index is 14.1. The number of esters is 1. The van der Waals surface area contributed by atoms with E-state index in [0.717, 1.165) is 34.6 Å². The number of benzene rings is 2. The van der Waals surface area contributed by atoms with Gasteiger partial charge in [-0.3, -0.25) is 24.5 Å². The standard InChI is InChI=1S/C28H25N3O7S/c1-2-37-28(34)21-19-10-6-7-11-20(19)39-27(21)29-25(32)22-23(16-12-14-18(15-13-16)31(35)36)30(38-24(22)26(29)33)17-8-4-3-5-9-17/h3-5,8-9,12-15,22-24H,2,6-7,10-11H2,1H3/t22-,23-,24+/m1/s1. The number of hydroxylamine groups is 1. The SMILES string of the molecule is CCOC(=O)c1c(N2C(=O)[C@H]3[C@H](ON(c4ccccc4)[C@@H]3c3ccc([N+](=O)[O-])cc3)C2=O)sc2c1CCCC2. The van der Waals surface area contributed by atoms with Crippen LogP contribution in [0.1, 0.15) is 52.2 Å². The first-order chi connectivity index (χ1) is 18.9. The van der Waals surface area contributed by atoms with Gasteiger partial charge in [0.25, 0.3) is 11.6 Å². The number of fused-ring (bicyclic) bond motifs is 2. The zero-order chi connectivity index (χ0) is 27.3. The molecule has 2 amide bonds. The van der Waals surface area contributed by atoms with Crippen molar-refractivity contribution in [3.63, 3.8) is 0 Å². The maximum atomic E-state index is 14.1. The largest absolute Gasteiger partial charge is 0.462 e. The minimum Gasteiger partial charge on any atom is -0.462 e. The smallest absolute Gasteiger partial charge is 0.341 e. The Balaban J connectivity index is 1.43. The quantitative estimate of drug-likeness (QED) is 0.188. The van der Waals surface area contributed by atoms with Crippen LogP contribution in [0.3, 0.4) is 0 Å². The van der Waals surface area contributed by atoms with E-state index in [9.17, 15) is 24.5 Å². The van der Waals surface area contributed by atoms with Crippen LogP contribution in [0.25, 0.3) is 0 Å². The number of rotatable bonds is 6. The summed E-state index contributed by atoms with van der Waals surface area (Å²) in [4.78, 5) is 60.1. The van der Waals surface area contributed by atoms with Crippen LogP contribution in [0.5, 0.6) is 0 Å². The van der Waals surface area contributed by atoms with E-state index < -0.39 is 40.8 Å². The highest BCUT2D eigenvalue weighted by atomic mass is 32.1. The number of nitrogens with zero attached hydrogens (tertiary/aromatic N) is 3. The van der Waals surface area contributed by atoms with Gasteiger partial charge in [0.15, 0.2) is 6.10 Å². The van der Waals surface area contributed by atoms with Crippen LogP contribution >= 0.6 is 11.3 Å². The molecule has 1 aromatic heterocycles. The van der Waals surface area contributed by atoms with Crippen molar-refractivity contribution in [1.82, 2.24) is 0 Å². The summed E-state index contributed by atoms with van der Waals surface area (Å²) in [6.45, 7) is 1.89. The van der Waals surface area contributed by atoms with Crippen LogP contribution in [0.15, 0.2) is 54.6 Å². The van der Waals surface area contributed by atoms with Crippen molar-refractivity contribution in [3.8, 4) is 0 Å². The number of amides is 2. The van der Waals surface area contributed by atoms with Crippen molar-refractivity contribution in [2.45, 2.75) is 44.8 Å². The number of hydrogen-bond donors (Lipinski definition) is 0. The number of carbonyl (C=O) groups excluding carboxylic acids is 3. The molecule has 200 valence electrons. The minimum absolute atomic E-state index is 0.0841. The lowest BCUT2D eigenvalue weighted by Gasteiger charge is -2.28. The van der Waals surface area contributed by atoms with Gasteiger partial charge in [-0.05, 0) is 55.9 Å². The minimum atomic E-state index is -1.12. The first kappa shape index (κ1) is 25.2. The molecule has 11 heteroatoms. The molecule has 0 bridgehead atoms. The molecule has 0 saturated carbocycles. The number of aryl methyl sites for hydroxylation is 1. The highest BCUT2D eigenvalue weighted by Gasteiger charge is 2.61. The molecule has 6 rings (SSSR count). The monoisotopic (exact) mass is 547 g/mol. The number of ether oxygens (including phenoxy) is 1. The Labute approximate surface area is 227 Å². The lowest BCUT2D eigenvalue weighted by molar-refractivity contribution is -0.384. The van der Waals surface area contributed by atoms with Gasteiger partial charge in [0, 0.05) is 17.0 Å². The number of imide groups is 1. The van der Waals surface area contributed by atoms with Crippen molar-refractivity contribution in [1.29, 1.82) is 0 Å². The van der Waals surface area contributed by atoms with Gasteiger partial charge in [-0.2, -0.15) is 0 Å². The summed E-state index contributed by atoms with van der Waals surface area (Å²) in [7, 11) is 0. The molecular formula is C28H25N3O7S. The number of nitro groups is 1. The third-order valence-corrected chi connectivity index (χ3v) is 8.68. The van der Waals surface area contributed by atoms with E-state index in [4.69, 9.17) is 9.57 Å². The number of para-hydroxylation sites is 1. The van der Waals surface area contributed by atoms with Gasteiger partial charge in [-0.1, -0.05) is 30.3 Å². The Hall–Kier alpha value is -4.09. The molecule has 2 saturated heterocycles. The fourth-order valence-corrected chi connectivity index (χ4v) is 7.06. The Kier molecular flexibility index (Phi) is 6.40. The molecule has 3 heterocycles. The predicted octanol–water partition coefficient (Wildman–Crippen LogP) is 4.76. The fraction of sp³-hybridized carbons (Fsp3) is 0.321. The molecular weight excluding hydrogens is 522 g/mol. The van der Waals surface area contributed by atoms with Gasteiger partial charge in [0.05, 0.1) is 28.8 Å². The molecule has 10 nitrogen and oxygen atoms in total. The highest BCUT2D eigenvalue weighted by molar-refractivity contribution is 7.17. The van der Waals surface area contributed by atoms with Crippen molar-refractivity contribution >= 4 is 45.5 Å². The summed E-state index contributed by atoms with van der Waals surface area (Å²) in [5, 5.41) is 13.1. The summed E-state index contributed by atoms with van der Waals surface area (Å²) in [5.41, 5.74) is 2.30. The van der Waals surface area contributed by atoms with Crippen molar-refractivity contribution in [3.05, 3.63) is 86.3 Å². The fourth-order valence-electron chi connectivity index (χ4n) is 5.67. The number of nitro benzene ring substituents is 1. The van der Waals surface area contributed by atoms with E-state index in [1.807, 2.05) is 18.2 Å². The summed E-state index contributed by atoms with van der Waals surface area (Å²) >= 11 is 1.30. The molecule has 3 aliphatic rings. The molecule has 0 unspecified atom stereocenters. The second kappa shape index (κ2) is 9.90. The summed E-state index contributed by atoms with van der Waals surface area (Å²) in [5.74, 6) is -2.48. The molecule has 0 radical (unpaired) electrons. The Morgan fingerprint density at radius 2 is 1.79 bits per heavy atom. The number of anilines is 2. The van der Waals surface area contributed by atoms with Crippen LogP contribution in [0.2, 0.25) is 0 Å². The molecule has 0 N–H and O–H groups in total. The van der Waals surface area contributed by atoms with E-state index in [-0.39, 0.29) is 12.3 Å². The van der Waals surface area contributed by atoms with Crippen LogP contribution in [-0.2, 0) is 32.0 Å². The van der Waals surface area contributed by atoms with Crippen molar-refractivity contribution < 1.29 is 28.9 Å². The molecule has 2 aromatic carbocycles. The third-order valence-electron chi connectivity index (χ3n) is 7.41. The molecule has 3 atom stereocenters. The van der Waals surface area contributed by atoms with Crippen LogP contribution in [-0.4, -0.2) is 35.4 Å². The third kappa shape index (κ3) is 4.09. The Morgan fingerprint density at radius 3 is 2.49 bits per heavy atom. The molecule has 1 aliphatic carbocycles. The number of hydrogen-bond acceptors (Lipinski definition) is 9. The van der Waals surface area contributed by atoms with E-state index in [0.29, 0.717) is 28.2 Å². The Bertz CT molecular complexity index is 1470. The molecule has 0 spiro atoms. The van der Waals surface area contributed by atoms with Crippen molar-refractivity contribution in [2.75, 3.05) is 16.6 Å². The first-order valence-electron chi connectivity index (χ1n) is 12.9. The second-order valence-electron chi connectivity index (χ2n) is 9.63. The topological polar surface area (TPSA) is 119 Å². The van der Waals surface area contributed by atoms with E-state index in [2.05, 4.69) is 0 Å². The number of carbonyl (C=O) groups is 3. The lowest BCUT2D eigenvalue weighted by atomic mass is 9.90. The van der Waals surface area contributed by atoms with Gasteiger partial charge < -0.3 is 4.74 Å². The maximum Gasteiger partial charge on any atom is 0.341 e. The van der Waals surface area contributed by atoms with Crippen LogP contribution < -0.4 is 9.96 Å². The van der Waals surface area contributed by atoms with Crippen LogP contribution in [0, 0.1) is 16.0 Å². The normalized spacial score (nSPS) is 22.1. The highest BCUT2D eigenvalue weighted by Crippen LogP contribution is 2.50. The second-order valence-corrected chi connectivity index (χ2v) is 10.7.